The Morgan fingerprint density at radius 2 is 1.75 bits per heavy atom. The first-order valence-corrected chi connectivity index (χ1v) is 14.4. The molecule has 1 fully saturated rings. The summed E-state index contributed by atoms with van der Waals surface area (Å²) in [7, 11) is 3.40. The van der Waals surface area contributed by atoms with Gasteiger partial charge in [-0.25, -0.2) is 9.80 Å². The minimum absolute atomic E-state index is 0.00520. The lowest BCUT2D eigenvalue weighted by Gasteiger charge is -2.37. The predicted octanol–water partition coefficient (Wildman–Crippen LogP) is 3.43. The molecule has 0 atom stereocenters. The standard InChI is InChI=1S/C26H35N7O3.C7H8O/c1-4-12-33(30(3)26(36)29-16-20-8-6-5-7-9-20)19-25(35)32-14-13-31(24(34)18-32)17-21-10-11-23(28-2)22(27)15-21;1-6-2-4-7(8)5-3-6/h4-11,15,28H,1,12-14,16-19,27H2,2-3H3,(H,29,36);2-5,8H,1H3. The van der Waals surface area contributed by atoms with Crippen LogP contribution in [0.15, 0.2) is 85.5 Å². The molecule has 1 heterocycles. The maximum absolute atomic E-state index is 13.0. The number of phenols is 1. The van der Waals surface area contributed by atoms with E-state index in [2.05, 4.69) is 17.2 Å². The van der Waals surface area contributed by atoms with Crippen LogP contribution in [0.5, 0.6) is 5.75 Å². The van der Waals surface area contributed by atoms with Crippen molar-refractivity contribution in [2.24, 2.45) is 0 Å². The number of hydrogen-bond acceptors (Lipinski definition) is 7. The number of carbonyl (C=O) groups is 3. The third kappa shape index (κ3) is 10.1. The molecule has 44 heavy (non-hydrogen) atoms. The van der Waals surface area contributed by atoms with Crippen LogP contribution >= 0.6 is 0 Å². The van der Waals surface area contributed by atoms with Crippen molar-refractivity contribution in [3.8, 4) is 5.75 Å². The maximum atomic E-state index is 13.0. The summed E-state index contributed by atoms with van der Waals surface area (Å²) < 4.78 is 0. The molecule has 4 amide bonds. The summed E-state index contributed by atoms with van der Waals surface area (Å²) >= 11 is 0. The van der Waals surface area contributed by atoms with Crippen LogP contribution in [0, 0.1) is 6.92 Å². The number of nitrogens with one attached hydrogen (secondary N) is 2. The molecular formula is C33H43N7O4. The monoisotopic (exact) mass is 601 g/mol. The van der Waals surface area contributed by atoms with Gasteiger partial charge in [-0.1, -0.05) is 60.2 Å². The number of aryl methyl sites for hydroxylation is 1. The molecule has 4 rings (SSSR count). The van der Waals surface area contributed by atoms with Gasteiger partial charge in [0.15, 0.2) is 0 Å². The highest BCUT2D eigenvalue weighted by atomic mass is 16.3. The van der Waals surface area contributed by atoms with Crippen LogP contribution in [-0.2, 0) is 22.7 Å². The number of urea groups is 1. The van der Waals surface area contributed by atoms with Crippen molar-refractivity contribution in [3.63, 3.8) is 0 Å². The van der Waals surface area contributed by atoms with Crippen LogP contribution < -0.4 is 16.4 Å². The summed E-state index contributed by atoms with van der Waals surface area (Å²) in [6.45, 7) is 7.62. The van der Waals surface area contributed by atoms with E-state index in [0.717, 1.165) is 16.8 Å². The SMILES string of the molecule is C=CCN(CC(=O)N1CCN(Cc2ccc(NC)c(N)c2)C(=O)C1)N(C)C(=O)NCc1ccccc1.Cc1ccc(O)cc1. The molecule has 11 nitrogen and oxygen atoms in total. The number of aromatic hydroxyl groups is 1. The third-order valence-corrected chi connectivity index (χ3v) is 7.13. The quantitative estimate of drug-likeness (QED) is 0.159. The van der Waals surface area contributed by atoms with Gasteiger partial charge in [-0.15, -0.1) is 6.58 Å². The van der Waals surface area contributed by atoms with Crippen molar-refractivity contribution in [1.82, 2.24) is 25.1 Å². The second-order valence-corrected chi connectivity index (χ2v) is 10.4. The van der Waals surface area contributed by atoms with Crippen LogP contribution in [0.1, 0.15) is 16.7 Å². The normalized spacial score (nSPS) is 12.7. The van der Waals surface area contributed by atoms with Gasteiger partial charge in [-0.3, -0.25) is 14.6 Å². The Balaban J connectivity index is 0.000000572. The van der Waals surface area contributed by atoms with Gasteiger partial charge in [-0.05, 0) is 42.3 Å². The fourth-order valence-corrected chi connectivity index (χ4v) is 4.51. The molecule has 0 aromatic heterocycles. The molecule has 1 saturated heterocycles. The van der Waals surface area contributed by atoms with Crippen molar-refractivity contribution in [2.75, 3.05) is 57.9 Å². The highest BCUT2D eigenvalue weighted by Gasteiger charge is 2.29. The smallest absolute Gasteiger partial charge is 0.331 e. The lowest BCUT2D eigenvalue weighted by molar-refractivity contribution is -0.147. The summed E-state index contributed by atoms with van der Waals surface area (Å²) in [6.07, 6.45) is 1.63. The number of benzene rings is 3. The van der Waals surface area contributed by atoms with E-state index in [0.29, 0.717) is 44.2 Å². The zero-order valence-corrected chi connectivity index (χ0v) is 25.7. The fourth-order valence-electron chi connectivity index (χ4n) is 4.51. The number of phenolic OH excluding ortho intramolecular Hbond substituents is 1. The van der Waals surface area contributed by atoms with Crippen LogP contribution in [0.25, 0.3) is 0 Å². The number of hydrazine groups is 1. The van der Waals surface area contributed by atoms with E-state index in [1.54, 1.807) is 42.2 Å². The Hall–Kier alpha value is -5.03. The van der Waals surface area contributed by atoms with Crippen molar-refractivity contribution < 1.29 is 19.5 Å². The van der Waals surface area contributed by atoms with Crippen LogP contribution in [-0.4, -0.2) is 89.6 Å². The number of nitrogens with two attached hydrogens (primary N) is 1. The molecule has 0 radical (unpaired) electrons. The number of rotatable bonds is 10. The molecular weight excluding hydrogens is 558 g/mol. The molecule has 1 aliphatic heterocycles. The van der Waals surface area contributed by atoms with Gasteiger partial charge in [0.2, 0.25) is 11.8 Å². The Kier molecular flexibility index (Phi) is 12.6. The van der Waals surface area contributed by atoms with Crippen LogP contribution in [0.3, 0.4) is 0 Å². The molecule has 5 N–H and O–H groups in total. The molecule has 0 bridgehead atoms. The van der Waals surface area contributed by atoms with E-state index in [9.17, 15) is 14.4 Å². The minimum Gasteiger partial charge on any atom is -0.508 e. The topological polar surface area (TPSA) is 134 Å². The average Bonchev–Trinajstić information content (AvgIpc) is 3.02. The summed E-state index contributed by atoms with van der Waals surface area (Å²) in [5.41, 5.74) is 10.6. The summed E-state index contributed by atoms with van der Waals surface area (Å²) in [5, 5.41) is 17.6. The van der Waals surface area contributed by atoms with Crippen LogP contribution in [0.2, 0.25) is 0 Å². The molecule has 1 aliphatic rings. The molecule has 0 saturated carbocycles. The van der Waals surface area contributed by atoms with E-state index in [4.69, 9.17) is 10.8 Å². The van der Waals surface area contributed by atoms with Crippen molar-refractivity contribution in [3.05, 3.63) is 102 Å². The van der Waals surface area contributed by atoms with E-state index in [-0.39, 0.29) is 30.9 Å². The minimum atomic E-state index is -0.335. The van der Waals surface area contributed by atoms with Crippen molar-refractivity contribution >= 4 is 29.2 Å². The number of anilines is 2. The first kappa shape index (κ1) is 33.5. The molecule has 3 aromatic rings. The van der Waals surface area contributed by atoms with Gasteiger partial charge in [-0.2, -0.15) is 0 Å². The zero-order valence-electron chi connectivity index (χ0n) is 25.7. The highest BCUT2D eigenvalue weighted by Crippen LogP contribution is 2.21. The van der Waals surface area contributed by atoms with Crippen molar-refractivity contribution in [1.29, 1.82) is 0 Å². The molecule has 234 valence electrons. The van der Waals surface area contributed by atoms with Gasteiger partial charge in [0.1, 0.15) is 5.75 Å². The summed E-state index contributed by atoms with van der Waals surface area (Å²) in [5.74, 6) is -0.0270. The molecule has 11 heteroatoms. The van der Waals surface area contributed by atoms with E-state index in [1.807, 2.05) is 67.6 Å². The molecule has 0 unspecified atom stereocenters. The molecule has 0 aliphatic carbocycles. The number of hydrogen-bond donors (Lipinski definition) is 4. The van der Waals surface area contributed by atoms with Gasteiger partial charge in [0, 0.05) is 46.8 Å². The summed E-state index contributed by atoms with van der Waals surface area (Å²) in [4.78, 5) is 41.7. The zero-order chi connectivity index (χ0) is 32.1. The van der Waals surface area contributed by atoms with E-state index in [1.165, 1.54) is 15.5 Å². The average molecular weight is 602 g/mol. The van der Waals surface area contributed by atoms with E-state index >= 15 is 0 Å². The highest BCUT2D eigenvalue weighted by molar-refractivity contribution is 5.87. The van der Waals surface area contributed by atoms with E-state index < -0.39 is 0 Å². The second kappa shape index (κ2) is 16.6. The second-order valence-electron chi connectivity index (χ2n) is 10.4. The van der Waals surface area contributed by atoms with Gasteiger partial charge < -0.3 is 31.3 Å². The lowest BCUT2D eigenvalue weighted by atomic mass is 10.1. The van der Waals surface area contributed by atoms with Gasteiger partial charge in [0.25, 0.3) is 0 Å². The maximum Gasteiger partial charge on any atom is 0.331 e. The van der Waals surface area contributed by atoms with Gasteiger partial charge >= 0.3 is 6.03 Å². The number of nitrogens with zero attached hydrogens (tertiary/aromatic N) is 4. The Morgan fingerprint density at radius 3 is 2.34 bits per heavy atom. The number of nitrogen functional groups attached to an aromatic ring is 1. The fraction of sp³-hybridized carbons (Fsp3) is 0.303. The molecule has 3 aromatic carbocycles. The summed E-state index contributed by atoms with van der Waals surface area (Å²) in [6, 6.07) is 22.0. The third-order valence-electron chi connectivity index (χ3n) is 7.13. The largest absolute Gasteiger partial charge is 0.508 e. The first-order chi connectivity index (χ1) is 21.1. The Bertz CT molecular complexity index is 1380. The van der Waals surface area contributed by atoms with Crippen molar-refractivity contribution in [2.45, 2.75) is 20.0 Å². The van der Waals surface area contributed by atoms with Gasteiger partial charge in [0.05, 0.1) is 24.5 Å². The first-order valence-electron chi connectivity index (χ1n) is 14.4. The Morgan fingerprint density at radius 1 is 1.05 bits per heavy atom. The number of piperazine rings is 1. The number of carbonyl (C=O) groups excluding carboxylic acids is 3. The van der Waals surface area contributed by atoms with Crippen LogP contribution in [0.4, 0.5) is 16.2 Å². The number of amides is 4. The molecule has 0 spiro atoms. The lowest BCUT2D eigenvalue weighted by Crippen LogP contribution is -2.56. The Labute approximate surface area is 259 Å². The predicted molar refractivity (Wildman–Crippen MR) is 173 cm³/mol.